The third-order valence-corrected chi connectivity index (χ3v) is 3.77. The molecule has 0 radical (unpaired) electrons. The van der Waals surface area contributed by atoms with Gasteiger partial charge in [-0.05, 0) is 18.8 Å². The molecule has 2 aromatic rings. The molecule has 2 rings (SSSR count). The standard InChI is InChI=1S/C16H25N5O4/c1-11(2)4-6-24-16(23)25-9-12(8-22)3-5-21-10-19-13-7-18-15(17)20-14(13)21/h7,10-12,22H,3-6,8-9H2,1-2H3,(H2,17,18,20). The molecule has 1 atom stereocenters. The zero-order valence-corrected chi connectivity index (χ0v) is 14.6. The molecule has 9 nitrogen and oxygen atoms in total. The molecule has 3 N–H and O–H groups in total. The number of carbonyl (C=O) groups is 1. The highest BCUT2D eigenvalue weighted by Crippen LogP contribution is 2.13. The summed E-state index contributed by atoms with van der Waals surface area (Å²) in [5.41, 5.74) is 6.89. The second-order valence-corrected chi connectivity index (χ2v) is 6.30. The first-order chi connectivity index (χ1) is 12.0. The summed E-state index contributed by atoms with van der Waals surface area (Å²) in [6.07, 6.45) is 3.89. The van der Waals surface area contributed by atoms with Crippen molar-refractivity contribution in [2.75, 3.05) is 25.6 Å². The molecule has 2 heterocycles. The van der Waals surface area contributed by atoms with Crippen LogP contribution in [0.5, 0.6) is 0 Å². The van der Waals surface area contributed by atoms with Crippen molar-refractivity contribution < 1.29 is 19.4 Å². The van der Waals surface area contributed by atoms with Crippen LogP contribution in [0.1, 0.15) is 26.7 Å². The Labute approximate surface area is 146 Å². The SMILES string of the molecule is CC(C)CCOC(=O)OCC(CO)CCn1cnc2cnc(N)nc21. The van der Waals surface area contributed by atoms with Crippen LogP contribution in [0, 0.1) is 11.8 Å². The van der Waals surface area contributed by atoms with Crippen molar-refractivity contribution >= 4 is 23.3 Å². The number of anilines is 1. The van der Waals surface area contributed by atoms with Crippen molar-refractivity contribution in [3.8, 4) is 0 Å². The second-order valence-electron chi connectivity index (χ2n) is 6.30. The molecule has 0 bridgehead atoms. The van der Waals surface area contributed by atoms with Crippen molar-refractivity contribution in [3.05, 3.63) is 12.5 Å². The number of aromatic nitrogens is 4. The van der Waals surface area contributed by atoms with Crippen LogP contribution in [-0.2, 0) is 16.0 Å². The van der Waals surface area contributed by atoms with Crippen molar-refractivity contribution in [3.63, 3.8) is 0 Å². The number of aryl methyl sites for hydroxylation is 1. The lowest BCUT2D eigenvalue weighted by Crippen LogP contribution is -2.20. The van der Waals surface area contributed by atoms with Gasteiger partial charge < -0.3 is 24.9 Å². The van der Waals surface area contributed by atoms with E-state index in [1.165, 1.54) is 0 Å². The molecular weight excluding hydrogens is 326 g/mol. The summed E-state index contributed by atoms with van der Waals surface area (Å²) in [5.74, 6) is 0.440. The predicted octanol–water partition coefficient (Wildman–Crippen LogP) is 1.61. The summed E-state index contributed by atoms with van der Waals surface area (Å²) in [6, 6.07) is 0. The molecule has 0 aromatic carbocycles. The lowest BCUT2D eigenvalue weighted by atomic mass is 10.1. The van der Waals surface area contributed by atoms with E-state index in [1.807, 2.05) is 4.57 Å². The molecule has 0 aliphatic rings. The first kappa shape index (κ1) is 18.9. The lowest BCUT2D eigenvalue weighted by molar-refractivity contribution is 0.0322. The highest BCUT2D eigenvalue weighted by atomic mass is 16.7. The Bertz CT molecular complexity index is 688. The molecule has 0 aliphatic heterocycles. The van der Waals surface area contributed by atoms with E-state index in [2.05, 4.69) is 28.8 Å². The molecule has 2 aromatic heterocycles. The van der Waals surface area contributed by atoms with Gasteiger partial charge in [0.1, 0.15) is 12.1 Å². The smallest absolute Gasteiger partial charge is 0.434 e. The van der Waals surface area contributed by atoms with Gasteiger partial charge in [0.05, 0.1) is 19.1 Å². The van der Waals surface area contributed by atoms with Gasteiger partial charge in [-0.15, -0.1) is 0 Å². The monoisotopic (exact) mass is 351 g/mol. The minimum absolute atomic E-state index is 0.0942. The normalized spacial score (nSPS) is 12.5. The van der Waals surface area contributed by atoms with Gasteiger partial charge >= 0.3 is 6.16 Å². The van der Waals surface area contributed by atoms with Crippen LogP contribution < -0.4 is 5.73 Å². The van der Waals surface area contributed by atoms with Gasteiger partial charge in [0.15, 0.2) is 5.65 Å². The van der Waals surface area contributed by atoms with E-state index in [0.29, 0.717) is 36.7 Å². The molecule has 0 saturated heterocycles. The number of nitrogen functional groups attached to an aromatic ring is 1. The molecule has 0 aliphatic carbocycles. The number of hydrogen-bond donors (Lipinski definition) is 2. The maximum atomic E-state index is 11.5. The first-order valence-corrected chi connectivity index (χ1v) is 8.33. The van der Waals surface area contributed by atoms with Crippen molar-refractivity contribution in [2.45, 2.75) is 33.2 Å². The van der Waals surface area contributed by atoms with E-state index < -0.39 is 6.16 Å². The van der Waals surface area contributed by atoms with Gasteiger partial charge in [-0.25, -0.2) is 14.8 Å². The van der Waals surface area contributed by atoms with Crippen molar-refractivity contribution in [1.82, 2.24) is 19.5 Å². The first-order valence-electron chi connectivity index (χ1n) is 8.33. The van der Waals surface area contributed by atoms with Gasteiger partial charge in [-0.1, -0.05) is 13.8 Å². The number of nitrogens with zero attached hydrogens (tertiary/aromatic N) is 4. The highest BCUT2D eigenvalue weighted by molar-refractivity contribution is 5.70. The Morgan fingerprint density at radius 2 is 2.12 bits per heavy atom. The molecule has 0 amide bonds. The zero-order chi connectivity index (χ0) is 18.2. The van der Waals surface area contributed by atoms with Crippen LogP contribution in [0.2, 0.25) is 0 Å². The lowest BCUT2D eigenvalue weighted by Gasteiger charge is -2.15. The van der Waals surface area contributed by atoms with Crippen LogP contribution in [0.3, 0.4) is 0 Å². The maximum Gasteiger partial charge on any atom is 0.508 e. The van der Waals surface area contributed by atoms with E-state index >= 15 is 0 Å². The third kappa shape index (κ3) is 5.86. The molecule has 0 spiro atoms. The Morgan fingerprint density at radius 3 is 2.84 bits per heavy atom. The highest BCUT2D eigenvalue weighted by Gasteiger charge is 2.14. The fourth-order valence-electron chi connectivity index (χ4n) is 2.19. The molecular formula is C16H25N5O4. The Kier molecular flexibility index (Phi) is 6.93. The van der Waals surface area contributed by atoms with Crippen molar-refractivity contribution in [1.29, 1.82) is 0 Å². The molecule has 1 unspecified atom stereocenters. The number of fused-ring (bicyclic) bond motifs is 1. The molecule has 0 fully saturated rings. The molecule has 9 heteroatoms. The van der Waals surface area contributed by atoms with E-state index in [0.717, 1.165) is 6.42 Å². The van der Waals surface area contributed by atoms with Crippen molar-refractivity contribution in [2.24, 2.45) is 11.8 Å². The quantitative estimate of drug-likeness (QED) is 0.653. The molecule has 25 heavy (non-hydrogen) atoms. The topological polar surface area (TPSA) is 125 Å². The maximum absolute atomic E-state index is 11.5. The fourth-order valence-corrected chi connectivity index (χ4v) is 2.19. The van der Waals surface area contributed by atoms with Crippen LogP contribution in [0.4, 0.5) is 10.7 Å². The van der Waals surface area contributed by atoms with Crippen LogP contribution in [-0.4, -0.2) is 50.6 Å². The fraction of sp³-hybridized carbons (Fsp3) is 0.625. The van der Waals surface area contributed by atoms with E-state index in [9.17, 15) is 9.90 Å². The number of rotatable bonds is 9. The second kappa shape index (κ2) is 9.16. The number of carbonyl (C=O) groups excluding carboxylic acids is 1. The minimum atomic E-state index is -0.701. The van der Waals surface area contributed by atoms with E-state index in [1.54, 1.807) is 12.5 Å². The van der Waals surface area contributed by atoms with Gasteiger partial charge in [0.25, 0.3) is 0 Å². The van der Waals surface area contributed by atoms with Crippen LogP contribution >= 0.6 is 0 Å². The summed E-state index contributed by atoms with van der Waals surface area (Å²) >= 11 is 0. The van der Waals surface area contributed by atoms with Crippen LogP contribution in [0.25, 0.3) is 11.2 Å². The average molecular weight is 351 g/mol. The Hall–Kier alpha value is -2.42. The summed E-state index contributed by atoms with van der Waals surface area (Å²) in [4.78, 5) is 23.8. The number of aliphatic hydroxyl groups is 1. The number of ether oxygens (including phenoxy) is 2. The summed E-state index contributed by atoms with van der Waals surface area (Å²) < 4.78 is 11.9. The summed E-state index contributed by atoms with van der Waals surface area (Å²) in [5, 5.41) is 9.47. The number of aliphatic hydroxyl groups excluding tert-OH is 1. The number of imidazole rings is 1. The number of hydrogen-bond acceptors (Lipinski definition) is 8. The zero-order valence-electron chi connectivity index (χ0n) is 14.6. The third-order valence-electron chi connectivity index (χ3n) is 3.77. The summed E-state index contributed by atoms with van der Waals surface area (Å²) in [7, 11) is 0. The molecule has 138 valence electrons. The van der Waals surface area contributed by atoms with Gasteiger partial charge in [-0.3, -0.25) is 0 Å². The van der Waals surface area contributed by atoms with Gasteiger partial charge in [0.2, 0.25) is 5.95 Å². The number of nitrogens with two attached hydrogens (primary N) is 1. The van der Waals surface area contributed by atoms with Gasteiger partial charge in [-0.2, -0.15) is 4.98 Å². The average Bonchev–Trinajstić information content (AvgIpc) is 2.97. The summed E-state index contributed by atoms with van der Waals surface area (Å²) in [6.45, 7) is 5.00. The van der Waals surface area contributed by atoms with Gasteiger partial charge in [0, 0.05) is 19.1 Å². The van der Waals surface area contributed by atoms with E-state index in [-0.39, 0.29) is 25.1 Å². The predicted molar refractivity (Wildman–Crippen MR) is 91.7 cm³/mol. The molecule has 0 saturated carbocycles. The van der Waals surface area contributed by atoms with E-state index in [4.69, 9.17) is 15.2 Å². The van der Waals surface area contributed by atoms with Crippen LogP contribution in [0.15, 0.2) is 12.5 Å². The Balaban J connectivity index is 1.79. The Morgan fingerprint density at radius 1 is 1.32 bits per heavy atom. The largest absolute Gasteiger partial charge is 0.508 e. The minimum Gasteiger partial charge on any atom is -0.434 e.